The fourth-order valence-corrected chi connectivity index (χ4v) is 3.59. The summed E-state index contributed by atoms with van der Waals surface area (Å²) in [6.07, 6.45) is 3.94. The van der Waals surface area contributed by atoms with Crippen molar-refractivity contribution in [1.29, 1.82) is 0 Å². The number of benzene rings is 1. The van der Waals surface area contributed by atoms with Crippen LogP contribution < -0.4 is 4.90 Å². The van der Waals surface area contributed by atoms with Crippen molar-refractivity contribution < 1.29 is 4.79 Å². The number of piperidine rings is 1. The molecule has 0 unspecified atom stereocenters. The Morgan fingerprint density at radius 1 is 1.20 bits per heavy atom. The first-order chi connectivity index (χ1) is 11.9. The van der Waals surface area contributed by atoms with Crippen LogP contribution in [0, 0.1) is 12.3 Å². The van der Waals surface area contributed by atoms with Crippen LogP contribution in [0.4, 0.5) is 5.95 Å². The van der Waals surface area contributed by atoms with Gasteiger partial charge in [0.05, 0.1) is 5.52 Å². The molecule has 1 saturated heterocycles. The Morgan fingerprint density at radius 2 is 1.92 bits per heavy atom. The molecule has 6 heteroatoms. The molecule has 0 saturated carbocycles. The summed E-state index contributed by atoms with van der Waals surface area (Å²) in [5, 5.41) is 9.29. The fraction of sp³-hybridized carbons (Fsp3) is 0.474. The maximum Gasteiger partial charge on any atom is 0.213 e. The van der Waals surface area contributed by atoms with Crippen LogP contribution in [0.15, 0.2) is 18.5 Å². The lowest BCUT2D eigenvalue weighted by Crippen LogP contribution is -2.38. The largest absolute Gasteiger partial charge is 0.342 e. The molecule has 1 fully saturated rings. The summed E-state index contributed by atoms with van der Waals surface area (Å²) < 4.78 is 1.95. The van der Waals surface area contributed by atoms with Gasteiger partial charge in [-0.2, -0.15) is 0 Å². The van der Waals surface area contributed by atoms with Crippen LogP contribution >= 0.6 is 0 Å². The fourth-order valence-electron chi connectivity index (χ4n) is 3.59. The summed E-state index contributed by atoms with van der Waals surface area (Å²) >= 11 is 0. The molecule has 0 spiro atoms. The Kier molecular flexibility index (Phi) is 3.52. The Labute approximate surface area is 146 Å². The van der Waals surface area contributed by atoms with Crippen molar-refractivity contribution in [1.82, 2.24) is 19.6 Å². The van der Waals surface area contributed by atoms with Gasteiger partial charge in [0.1, 0.15) is 6.33 Å². The first-order valence-electron chi connectivity index (χ1n) is 8.76. The number of hydrogen-bond acceptors (Lipinski definition) is 5. The molecule has 0 N–H and O–H groups in total. The van der Waals surface area contributed by atoms with Gasteiger partial charge < -0.3 is 4.90 Å². The normalized spacial score (nSPS) is 17.4. The molecule has 0 aliphatic carbocycles. The number of carbonyl (C=O) groups excluding carboxylic acids is 1. The predicted molar refractivity (Wildman–Crippen MR) is 98.3 cm³/mol. The topological polar surface area (TPSA) is 63.4 Å². The van der Waals surface area contributed by atoms with Crippen molar-refractivity contribution in [2.45, 2.75) is 40.5 Å². The summed E-state index contributed by atoms with van der Waals surface area (Å²) in [5.74, 6) is 0.852. The second-order valence-corrected chi connectivity index (χ2v) is 7.85. The van der Waals surface area contributed by atoms with Crippen molar-refractivity contribution in [3.8, 4) is 0 Å². The Balaban J connectivity index is 1.95. The molecule has 0 amide bonds. The van der Waals surface area contributed by atoms with E-state index in [1.807, 2.05) is 23.5 Å². The average molecular weight is 337 g/mol. The summed E-state index contributed by atoms with van der Waals surface area (Å²) in [7, 11) is 0. The van der Waals surface area contributed by atoms with E-state index in [1.165, 1.54) is 0 Å². The van der Waals surface area contributed by atoms with Gasteiger partial charge in [0.15, 0.2) is 11.4 Å². The summed E-state index contributed by atoms with van der Waals surface area (Å²) in [6.45, 7) is 10.1. The molecule has 130 valence electrons. The minimum absolute atomic E-state index is 0.0239. The number of carbonyl (C=O) groups is 1. The number of Topliss-reactive ketones (excluding diaryl/α,β-unsaturated/α-hetero) is 1. The Morgan fingerprint density at radius 3 is 2.60 bits per heavy atom. The maximum absolute atomic E-state index is 12.2. The third-order valence-corrected chi connectivity index (χ3v) is 5.25. The zero-order valence-corrected chi connectivity index (χ0v) is 15.2. The van der Waals surface area contributed by atoms with E-state index in [0.29, 0.717) is 11.0 Å². The maximum atomic E-state index is 12.2. The lowest BCUT2D eigenvalue weighted by molar-refractivity contribution is 0.101. The molecular formula is C19H23N5O. The van der Waals surface area contributed by atoms with Gasteiger partial charge in [-0.1, -0.05) is 13.8 Å². The highest BCUT2D eigenvalue weighted by molar-refractivity contribution is 6.09. The smallest absolute Gasteiger partial charge is 0.213 e. The first-order valence-corrected chi connectivity index (χ1v) is 8.76. The molecule has 6 nitrogen and oxygen atoms in total. The van der Waals surface area contributed by atoms with Crippen LogP contribution in [0.25, 0.3) is 16.6 Å². The van der Waals surface area contributed by atoms with E-state index in [4.69, 9.17) is 4.98 Å². The number of hydrogen-bond donors (Lipinski definition) is 0. The van der Waals surface area contributed by atoms with Crippen LogP contribution in [0.2, 0.25) is 0 Å². The summed E-state index contributed by atoms with van der Waals surface area (Å²) in [4.78, 5) is 19.3. The number of aromatic nitrogens is 4. The highest BCUT2D eigenvalue weighted by atomic mass is 16.1. The molecule has 3 heterocycles. The van der Waals surface area contributed by atoms with Crippen LogP contribution in [0.5, 0.6) is 0 Å². The van der Waals surface area contributed by atoms with Gasteiger partial charge in [0.2, 0.25) is 5.95 Å². The molecule has 25 heavy (non-hydrogen) atoms. The van der Waals surface area contributed by atoms with Gasteiger partial charge in [0, 0.05) is 24.0 Å². The van der Waals surface area contributed by atoms with Gasteiger partial charge in [-0.05, 0) is 49.8 Å². The van der Waals surface area contributed by atoms with E-state index in [1.54, 1.807) is 13.3 Å². The SMILES string of the molecule is CC(=O)c1cc(C)cc2c1nc(N1CCC(C)(C)CC1)n1cnnc21. The third kappa shape index (κ3) is 2.65. The number of rotatable bonds is 2. The summed E-state index contributed by atoms with van der Waals surface area (Å²) in [6, 6.07) is 3.94. The van der Waals surface area contributed by atoms with Gasteiger partial charge in [0.25, 0.3) is 0 Å². The number of fused-ring (bicyclic) bond motifs is 3. The predicted octanol–water partition coefficient (Wildman–Crippen LogP) is 3.41. The quantitative estimate of drug-likeness (QED) is 0.671. The van der Waals surface area contributed by atoms with Gasteiger partial charge >= 0.3 is 0 Å². The van der Waals surface area contributed by atoms with Gasteiger partial charge in [-0.25, -0.2) is 4.98 Å². The van der Waals surface area contributed by atoms with Crippen molar-refractivity contribution >= 4 is 28.3 Å². The molecule has 0 radical (unpaired) electrons. The zero-order chi connectivity index (χ0) is 17.8. The number of anilines is 1. The van der Waals surface area contributed by atoms with Crippen molar-refractivity contribution in [2.24, 2.45) is 5.41 Å². The molecule has 2 aromatic heterocycles. The molecule has 0 bridgehead atoms. The van der Waals surface area contributed by atoms with Gasteiger partial charge in [-0.15, -0.1) is 10.2 Å². The van der Waals surface area contributed by atoms with E-state index in [2.05, 4.69) is 28.9 Å². The standard InChI is InChI=1S/C19H23N5O/c1-12-9-14(13(2)25)16-15(10-12)17-22-20-11-24(17)18(21-16)23-7-5-19(3,4)6-8-23/h9-11H,5-8H2,1-4H3. The van der Waals surface area contributed by atoms with Crippen LogP contribution in [-0.2, 0) is 0 Å². The van der Waals surface area contributed by atoms with Crippen LogP contribution in [-0.4, -0.2) is 38.5 Å². The van der Waals surface area contributed by atoms with E-state index in [-0.39, 0.29) is 5.78 Å². The second kappa shape index (κ2) is 5.51. The molecule has 1 aliphatic rings. The van der Waals surface area contributed by atoms with E-state index in [0.717, 1.165) is 54.0 Å². The third-order valence-electron chi connectivity index (χ3n) is 5.25. The minimum Gasteiger partial charge on any atom is -0.342 e. The highest BCUT2D eigenvalue weighted by Gasteiger charge is 2.28. The van der Waals surface area contributed by atoms with E-state index in [9.17, 15) is 4.79 Å². The Hall–Kier alpha value is -2.50. The Bertz CT molecular complexity index is 978. The van der Waals surface area contributed by atoms with Crippen LogP contribution in [0.3, 0.4) is 0 Å². The lowest BCUT2D eigenvalue weighted by atomic mass is 9.83. The molecule has 3 aromatic rings. The molecule has 1 aromatic carbocycles. The summed E-state index contributed by atoms with van der Waals surface area (Å²) in [5.41, 5.74) is 3.52. The van der Waals surface area contributed by atoms with Gasteiger partial charge in [-0.3, -0.25) is 9.20 Å². The average Bonchev–Trinajstić information content (AvgIpc) is 3.03. The van der Waals surface area contributed by atoms with E-state index >= 15 is 0 Å². The molecule has 0 atom stereocenters. The molecular weight excluding hydrogens is 314 g/mol. The van der Waals surface area contributed by atoms with Crippen molar-refractivity contribution in [3.05, 3.63) is 29.6 Å². The van der Waals surface area contributed by atoms with Crippen LogP contribution in [0.1, 0.15) is 49.5 Å². The monoisotopic (exact) mass is 337 g/mol. The lowest BCUT2D eigenvalue weighted by Gasteiger charge is -2.37. The first kappa shape index (κ1) is 16.0. The van der Waals surface area contributed by atoms with Crippen molar-refractivity contribution in [2.75, 3.05) is 18.0 Å². The number of nitrogens with zero attached hydrogens (tertiary/aromatic N) is 5. The zero-order valence-electron chi connectivity index (χ0n) is 15.2. The highest BCUT2D eigenvalue weighted by Crippen LogP contribution is 2.33. The van der Waals surface area contributed by atoms with Crippen molar-refractivity contribution in [3.63, 3.8) is 0 Å². The number of aryl methyl sites for hydroxylation is 1. The minimum atomic E-state index is 0.0239. The van der Waals surface area contributed by atoms with E-state index < -0.39 is 0 Å². The second-order valence-electron chi connectivity index (χ2n) is 7.85. The molecule has 1 aliphatic heterocycles. The number of ketones is 1. The molecule has 4 rings (SSSR count).